The van der Waals surface area contributed by atoms with E-state index in [1.165, 1.54) is 5.56 Å². The summed E-state index contributed by atoms with van der Waals surface area (Å²) in [6.45, 7) is 6.30. The largest absolute Gasteiger partial charge is 0.318 e. The third-order valence-corrected chi connectivity index (χ3v) is 3.78. The van der Waals surface area contributed by atoms with Gasteiger partial charge < -0.3 is 5.73 Å². The van der Waals surface area contributed by atoms with E-state index in [0.29, 0.717) is 0 Å². The molecule has 0 aliphatic rings. The lowest BCUT2D eigenvalue weighted by Gasteiger charge is -2.19. The lowest BCUT2D eigenvalue weighted by Crippen LogP contribution is -2.21. The van der Waals surface area contributed by atoms with Crippen LogP contribution >= 0.6 is 15.9 Å². The van der Waals surface area contributed by atoms with Crippen molar-refractivity contribution in [3.05, 3.63) is 46.0 Å². The van der Waals surface area contributed by atoms with Crippen LogP contribution in [0.1, 0.15) is 49.8 Å². The second-order valence-electron chi connectivity index (χ2n) is 4.80. The van der Waals surface area contributed by atoms with Gasteiger partial charge >= 0.3 is 0 Å². The molecule has 102 valence electrons. The molecular weight excluding hydrogens is 304 g/mol. The maximum absolute atomic E-state index is 6.42. The van der Waals surface area contributed by atoms with Crippen LogP contribution in [0.5, 0.6) is 0 Å². The standard InChI is InChI=1S/C14H19BrN4/c1-4-10-6-5-7-17-13(10)12(16)14-11(15)8-18-19(14)9(2)3/h5-9,12H,4,16H2,1-3H3. The predicted octanol–water partition coefficient (Wildman–Crippen LogP) is 3.23. The SMILES string of the molecule is CCc1cccnc1C(N)c1c(Br)cnn1C(C)C. The van der Waals surface area contributed by atoms with Crippen molar-refractivity contribution in [1.29, 1.82) is 0 Å². The van der Waals surface area contributed by atoms with Crippen molar-refractivity contribution >= 4 is 15.9 Å². The van der Waals surface area contributed by atoms with Crippen molar-refractivity contribution in [3.8, 4) is 0 Å². The summed E-state index contributed by atoms with van der Waals surface area (Å²) in [6.07, 6.45) is 4.51. The molecule has 0 saturated carbocycles. The number of aryl methyl sites for hydroxylation is 1. The number of halogens is 1. The number of rotatable bonds is 4. The number of hydrogen-bond donors (Lipinski definition) is 1. The molecule has 2 aromatic rings. The van der Waals surface area contributed by atoms with Gasteiger partial charge in [0.1, 0.15) is 0 Å². The van der Waals surface area contributed by atoms with E-state index in [1.807, 2.05) is 10.7 Å². The molecule has 0 saturated heterocycles. The molecule has 1 atom stereocenters. The minimum Gasteiger partial charge on any atom is -0.318 e. The van der Waals surface area contributed by atoms with Crippen LogP contribution in [-0.4, -0.2) is 14.8 Å². The Bertz CT molecular complexity index is 562. The first-order valence-corrected chi connectivity index (χ1v) is 7.27. The zero-order valence-corrected chi connectivity index (χ0v) is 13.1. The summed E-state index contributed by atoms with van der Waals surface area (Å²) >= 11 is 3.54. The average Bonchev–Trinajstić information content (AvgIpc) is 2.80. The first-order valence-electron chi connectivity index (χ1n) is 6.48. The van der Waals surface area contributed by atoms with Crippen LogP contribution in [0.15, 0.2) is 29.0 Å². The third kappa shape index (κ3) is 2.72. The zero-order valence-electron chi connectivity index (χ0n) is 11.5. The second-order valence-corrected chi connectivity index (χ2v) is 5.65. The fourth-order valence-electron chi connectivity index (χ4n) is 2.21. The maximum Gasteiger partial charge on any atom is 0.0911 e. The highest BCUT2D eigenvalue weighted by Gasteiger charge is 2.22. The molecule has 19 heavy (non-hydrogen) atoms. The number of aromatic nitrogens is 3. The molecule has 5 heteroatoms. The van der Waals surface area contributed by atoms with E-state index in [0.717, 1.165) is 22.3 Å². The lowest BCUT2D eigenvalue weighted by molar-refractivity contribution is 0.496. The number of nitrogens with two attached hydrogens (primary N) is 1. The van der Waals surface area contributed by atoms with Crippen molar-refractivity contribution in [2.24, 2.45) is 5.73 Å². The Morgan fingerprint density at radius 3 is 2.79 bits per heavy atom. The van der Waals surface area contributed by atoms with Gasteiger partial charge in [0.25, 0.3) is 0 Å². The van der Waals surface area contributed by atoms with Crippen molar-refractivity contribution in [2.75, 3.05) is 0 Å². The highest BCUT2D eigenvalue weighted by Crippen LogP contribution is 2.29. The Morgan fingerprint density at radius 2 is 2.16 bits per heavy atom. The van der Waals surface area contributed by atoms with E-state index >= 15 is 0 Å². The van der Waals surface area contributed by atoms with E-state index in [2.05, 4.69) is 52.9 Å². The summed E-state index contributed by atoms with van der Waals surface area (Å²) in [4.78, 5) is 4.46. The molecule has 1 unspecified atom stereocenters. The first-order chi connectivity index (χ1) is 9.06. The minimum absolute atomic E-state index is 0.265. The van der Waals surface area contributed by atoms with Gasteiger partial charge in [0.05, 0.1) is 28.1 Å². The van der Waals surface area contributed by atoms with E-state index in [-0.39, 0.29) is 12.1 Å². The molecule has 4 nitrogen and oxygen atoms in total. The van der Waals surface area contributed by atoms with Gasteiger partial charge in [0.15, 0.2) is 0 Å². The molecule has 2 rings (SSSR count). The molecule has 2 N–H and O–H groups in total. The zero-order chi connectivity index (χ0) is 14.0. The summed E-state index contributed by atoms with van der Waals surface area (Å²) in [6, 6.07) is 4.02. The maximum atomic E-state index is 6.42. The normalized spacial score (nSPS) is 12.9. The van der Waals surface area contributed by atoms with Gasteiger partial charge in [-0.1, -0.05) is 13.0 Å². The molecule has 0 aliphatic heterocycles. The molecule has 0 aromatic carbocycles. The quantitative estimate of drug-likeness (QED) is 0.940. The van der Waals surface area contributed by atoms with Crippen LogP contribution in [0.25, 0.3) is 0 Å². The van der Waals surface area contributed by atoms with Crippen LogP contribution in [-0.2, 0) is 6.42 Å². The van der Waals surface area contributed by atoms with E-state index in [4.69, 9.17) is 5.73 Å². The van der Waals surface area contributed by atoms with Gasteiger partial charge in [0.2, 0.25) is 0 Å². The molecule has 0 amide bonds. The molecule has 0 bridgehead atoms. The summed E-state index contributed by atoms with van der Waals surface area (Å²) in [7, 11) is 0. The Labute approximate surface area is 122 Å². The van der Waals surface area contributed by atoms with E-state index in [1.54, 1.807) is 12.4 Å². The second kappa shape index (κ2) is 5.84. The third-order valence-electron chi connectivity index (χ3n) is 3.17. The minimum atomic E-state index is -0.268. The lowest BCUT2D eigenvalue weighted by atomic mass is 10.0. The smallest absolute Gasteiger partial charge is 0.0911 e. The van der Waals surface area contributed by atoms with Gasteiger partial charge in [-0.15, -0.1) is 0 Å². The van der Waals surface area contributed by atoms with Gasteiger partial charge in [0, 0.05) is 12.2 Å². The Morgan fingerprint density at radius 1 is 1.42 bits per heavy atom. The molecule has 0 aliphatic carbocycles. The van der Waals surface area contributed by atoms with Gasteiger partial charge in [-0.2, -0.15) is 5.10 Å². The molecule has 0 fully saturated rings. The molecule has 2 aromatic heterocycles. The summed E-state index contributed by atoms with van der Waals surface area (Å²) in [5, 5.41) is 4.38. The van der Waals surface area contributed by atoms with Crippen LogP contribution in [0.4, 0.5) is 0 Å². The number of pyridine rings is 1. The molecule has 2 heterocycles. The molecular formula is C14H19BrN4. The van der Waals surface area contributed by atoms with Crippen LogP contribution in [0, 0.1) is 0 Å². The molecule has 0 spiro atoms. The summed E-state index contributed by atoms with van der Waals surface area (Å²) < 4.78 is 2.88. The first kappa shape index (κ1) is 14.2. The molecule has 0 radical (unpaired) electrons. The Balaban J connectivity index is 2.50. The van der Waals surface area contributed by atoms with E-state index in [9.17, 15) is 0 Å². The monoisotopic (exact) mass is 322 g/mol. The summed E-state index contributed by atoms with van der Waals surface area (Å²) in [5.74, 6) is 0. The van der Waals surface area contributed by atoms with Crippen LogP contribution in [0.2, 0.25) is 0 Å². The van der Waals surface area contributed by atoms with Gasteiger partial charge in [-0.05, 0) is 47.8 Å². The summed E-state index contributed by atoms with van der Waals surface area (Å²) in [5.41, 5.74) is 9.50. The van der Waals surface area contributed by atoms with Crippen LogP contribution < -0.4 is 5.73 Å². The fraction of sp³-hybridized carbons (Fsp3) is 0.429. The van der Waals surface area contributed by atoms with E-state index < -0.39 is 0 Å². The predicted molar refractivity (Wildman–Crippen MR) is 80.0 cm³/mol. The number of nitrogens with zero attached hydrogens (tertiary/aromatic N) is 3. The van der Waals surface area contributed by atoms with Crippen molar-refractivity contribution in [3.63, 3.8) is 0 Å². The average molecular weight is 323 g/mol. The topological polar surface area (TPSA) is 56.7 Å². The highest BCUT2D eigenvalue weighted by molar-refractivity contribution is 9.10. The fourth-order valence-corrected chi connectivity index (χ4v) is 2.73. The Kier molecular flexibility index (Phi) is 4.37. The van der Waals surface area contributed by atoms with Gasteiger partial charge in [-0.3, -0.25) is 9.67 Å². The van der Waals surface area contributed by atoms with Gasteiger partial charge in [-0.25, -0.2) is 0 Å². The van der Waals surface area contributed by atoms with Crippen molar-refractivity contribution in [1.82, 2.24) is 14.8 Å². The van der Waals surface area contributed by atoms with Crippen molar-refractivity contribution in [2.45, 2.75) is 39.3 Å². The number of hydrogen-bond acceptors (Lipinski definition) is 3. The van der Waals surface area contributed by atoms with Crippen molar-refractivity contribution < 1.29 is 0 Å². The highest BCUT2D eigenvalue weighted by atomic mass is 79.9. The van der Waals surface area contributed by atoms with Crippen LogP contribution in [0.3, 0.4) is 0 Å². The Hall–Kier alpha value is -1.20.